The largest absolute Gasteiger partial charge is 0.494 e. The summed E-state index contributed by atoms with van der Waals surface area (Å²) < 4.78 is 19.3. The third-order valence-corrected chi connectivity index (χ3v) is 6.38. The van der Waals surface area contributed by atoms with Crippen molar-refractivity contribution < 1.29 is 18.7 Å². The van der Waals surface area contributed by atoms with Crippen LogP contribution in [0.25, 0.3) is 16.8 Å². The molecule has 5 rings (SSSR count). The molecule has 0 radical (unpaired) electrons. The van der Waals surface area contributed by atoms with E-state index in [4.69, 9.17) is 18.9 Å². The highest BCUT2D eigenvalue weighted by Crippen LogP contribution is 2.35. The Kier molecular flexibility index (Phi) is 6.54. The van der Waals surface area contributed by atoms with Crippen LogP contribution in [-0.4, -0.2) is 51.3 Å². The molecule has 1 aliphatic rings. The van der Waals surface area contributed by atoms with Crippen molar-refractivity contribution in [3.8, 4) is 11.4 Å². The molecule has 0 saturated carbocycles. The normalized spacial score (nSPS) is 14.7. The number of benzene rings is 2. The van der Waals surface area contributed by atoms with Gasteiger partial charge >= 0.3 is 6.09 Å². The van der Waals surface area contributed by atoms with Gasteiger partial charge in [0.15, 0.2) is 11.5 Å². The summed E-state index contributed by atoms with van der Waals surface area (Å²) in [5.74, 6) is 1.58. The number of imidazole rings is 1. The minimum atomic E-state index is -0.500. The molecule has 9 heteroatoms. The van der Waals surface area contributed by atoms with Crippen LogP contribution in [0.5, 0.6) is 5.75 Å². The first-order valence-electron chi connectivity index (χ1n) is 12.5. The number of likely N-dealkylation sites (tertiary alicyclic amines) is 1. The van der Waals surface area contributed by atoms with Crippen LogP contribution in [0.4, 0.5) is 16.2 Å². The number of anilines is 2. The zero-order valence-electron chi connectivity index (χ0n) is 21.9. The van der Waals surface area contributed by atoms with E-state index in [9.17, 15) is 4.79 Å². The maximum absolute atomic E-state index is 12.4. The van der Waals surface area contributed by atoms with Gasteiger partial charge in [-0.3, -0.25) is 0 Å². The number of nitrogens with one attached hydrogen (secondary N) is 1. The molecule has 2 aromatic heterocycles. The molecule has 194 valence electrons. The van der Waals surface area contributed by atoms with Crippen LogP contribution >= 0.6 is 0 Å². The van der Waals surface area contributed by atoms with Crippen LogP contribution in [0.3, 0.4) is 0 Å². The lowest BCUT2D eigenvalue weighted by Crippen LogP contribution is -2.41. The van der Waals surface area contributed by atoms with Crippen molar-refractivity contribution in [2.75, 3.05) is 25.5 Å². The Morgan fingerprint density at radius 1 is 1.16 bits per heavy atom. The van der Waals surface area contributed by atoms with E-state index in [-0.39, 0.29) is 12.0 Å². The highest BCUT2D eigenvalue weighted by molar-refractivity contribution is 5.89. The van der Waals surface area contributed by atoms with Crippen molar-refractivity contribution in [3.63, 3.8) is 0 Å². The van der Waals surface area contributed by atoms with Gasteiger partial charge in [-0.25, -0.2) is 14.8 Å². The highest BCUT2D eigenvalue weighted by Gasteiger charge is 2.30. The number of fused-ring (bicyclic) bond motifs is 1. The molecule has 0 atom stereocenters. The molecule has 1 N–H and O–H groups in total. The minimum absolute atomic E-state index is 0.150. The van der Waals surface area contributed by atoms with Crippen molar-refractivity contribution in [1.29, 1.82) is 0 Å². The van der Waals surface area contributed by atoms with Crippen LogP contribution in [0.15, 0.2) is 53.3 Å². The number of para-hydroxylation sites is 1. The number of methoxy groups -OCH3 is 1. The number of hydrogen-bond acceptors (Lipinski definition) is 7. The predicted molar refractivity (Wildman–Crippen MR) is 142 cm³/mol. The third kappa shape index (κ3) is 5.40. The van der Waals surface area contributed by atoms with E-state index in [0.717, 1.165) is 52.4 Å². The molecule has 1 saturated heterocycles. The predicted octanol–water partition coefficient (Wildman–Crippen LogP) is 6.19. The van der Waals surface area contributed by atoms with E-state index in [2.05, 4.69) is 10.3 Å². The molecule has 0 bridgehead atoms. The lowest BCUT2D eigenvalue weighted by molar-refractivity contribution is 0.0199. The number of aromatic nitrogens is 3. The Labute approximate surface area is 216 Å². The van der Waals surface area contributed by atoms with Gasteiger partial charge in [-0.15, -0.1) is 0 Å². The Hall–Kier alpha value is -4.01. The fourth-order valence-corrected chi connectivity index (χ4v) is 4.55. The summed E-state index contributed by atoms with van der Waals surface area (Å²) in [4.78, 5) is 23.3. The molecule has 2 aromatic carbocycles. The summed E-state index contributed by atoms with van der Waals surface area (Å²) in [7, 11) is 1.66. The van der Waals surface area contributed by atoms with Crippen molar-refractivity contribution in [2.45, 2.75) is 52.1 Å². The molecular weight excluding hydrogens is 470 g/mol. The van der Waals surface area contributed by atoms with Crippen molar-refractivity contribution in [2.24, 2.45) is 0 Å². The number of aryl methyl sites for hydroxylation is 1. The van der Waals surface area contributed by atoms with E-state index in [1.807, 2.05) is 74.9 Å². The molecule has 4 aromatic rings. The first kappa shape index (κ1) is 24.7. The number of amides is 1. The number of hydrogen-bond donors (Lipinski definition) is 1. The van der Waals surface area contributed by atoms with E-state index in [0.29, 0.717) is 19.0 Å². The second kappa shape index (κ2) is 9.80. The molecule has 37 heavy (non-hydrogen) atoms. The Bertz CT molecular complexity index is 1410. The van der Waals surface area contributed by atoms with E-state index < -0.39 is 5.60 Å². The molecule has 3 heterocycles. The van der Waals surface area contributed by atoms with E-state index in [1.165, 1.54) is 0 Å². The van der Waals surface area contributed by atoms with Crippen LogP contribution in [0.1, 0.15) is 51.1 Å². The average molecular weight is 504 g/mol. The molecule has 0 spiro atoms. The second-order valence-corrected chi connectivity index (χ2v) is 10.4. The molecular formula is C28H33N5O4. The zero-order valence-corrected chi connectivity index (χ0v) is 21.9. The van der Waals surface area contributed by atoms with Crippen LogP contribution in [-0.2, 0) is 4.74 Å². The first-order chi connectivity index (χ1) is 17.7. The van der Waals surface area contributed by atoms with Crippen LogP contribution in [0.2, 0.25) is 0 Å². The van der Waals surface area contributed by atoms with Crippen LogP contribution < -0.4 is 10.1 Å². The van der Waals surface area contributed by atoms with Gasteiger partial charge in [0.25, 0.3) is 0 Å². The number of ether oxygens (including phenoxy) is 2. The Balaban J connectivity index is 1.32. The van der Waals surface area contributed by atoms with Crippen LogP contribution in [0, 0.1) is 6.92 Å². The SMILES string of the molecule is COc1cc(Nc2cccc3oc(C4CCN(C(=O)OC(C)(C)C)CC4)nc23)ccc1-n1cnc(C)c1. The lowest BCUT2D eigenvalue weighted by atomic mass is 9.97. The smallest absolute Gasteiger partial charge is 0.410 e. The van der Waals surface area contributed by atoms with Crippen molar-refractivity contribution >= 4 is 28.6 Å². The molecule has 1 amide bonds. The molecule has 0 aliphatic carbocycles. The van der Waals surface area contributed by atoms with Crippen molar-refractivity contribution in [3.05, 3.63) is 60.5 Å². The van der Waals surface area contributed by atoms with E-state index in [1.54, 1.807) is 18.3 Å². The van der Waals surface area contributed by atoms with Gasteiger partial charge in [-0.2, -0.15) is 0 Å². The van der Waals surface area contributed by atoms with Gasteiger partial charge in [0, 0.05) is 37.0 Å². The summed E-state index contributed by atoms with van der Waals surface area (Å²) in [6.07, 6.45) is 5.03. The number of rotatable bonds is 5. The quantitative estimate of drug-likeness (QED) is 0.347. The fourth-order valence-electron chi connectivity index (χ4n) is 4.55. The molecule has 9 nitrogen and oxygen atoms in total. The topological polar surface area (TPSA) is 94.6 Å². The van der Waals surface area contributed by atoms with Gasteiger partial charge in [-0.1, -0.05) is 6.07 Å². The minimum Gasteiger partial charge on any atom is -0.494 e. The summed E-state index contributed by atoms with van der Waals surface area (Å²) in [6.45, 7) is 8.83. The Morgan fingerprint density at radius 2 is 1.95 bits per heavy atom. The fraction of sp³-hybridized carbons (Fsp3) is 0.393. The highest BCUT2D eigenvalue weighted by atomic mass is 16.6. The molecule has 0 unspecified atom stereocenters. The summed E-state index contributed by atoms with van der Waals surface area (Å²) >= 11 is 0. The third-order valence-electron chi connectivity index (χ3n) is 6.38. The standard InChI is InChI=1S/C28H33N5O4/c1-18-16-33(17-29-18)22-10-9-20(15-24(22)35-5)30-21-7-6-8-23-25(21)31-26(36-23)19-11-13-32(14-12-19)27(34)37-28(2,3)4/h6-10,15-17,19,30H,11-14H2,1-5H3. The maximum Gasteiger partial charge on any atom is 0.410 e. The lowest BCUT2D eigenvalue weighted by Gasteiger charge is -2.32. The number of piperidine rings is 1. The van der Waals surface area contributed by atoms with Gasteiger partial charge in [0.2, 0.25) is 0 Å². The summed E-state index contributed by atoms with van der Waals surface area (Å²) in [6, 6.07) is 11.8. The Morgan fingerprint density at radius 3 is 2.62 bits per heavy atom. The van der Waals surface area contributed by atoms with Crippen molar-refractivity contribution in [1.82, 2.24) is 19.4 Å². The first-order valence-corrected chi connectivity index (χ1v) is 12.5. The van der Waals surface area contributed by atoms with Gasteiger partial charge in [0.1, 0.15) is 16.9 Å². The van der Waals surface area contributed by atoms with Gasteiger partial charge in [-0.05, 0) is 64.8 Å². The average Bonchev–Trinajstić information content (AvgIpc) is 3.50. The van der Waals surface area contributed by atoms with Gasteiger partial charge in [0.05, 0.1) is 30.5 Å². The number of nitrogens with zero attached hydrogens (tertiary/aromatic N) is 4. The molecule has 1 aliphatic heterocycles. The monoisotopic (exact) mass is 503 g/mol. The van der Waals surface area contributed by atoms with E-state index >= 15 is 0 Å². The summed E-state index contributed by atoms with van der Waals surface area (Å²) in [5, 5.41) is 3.47. The summed E-state index contributed by atoms with van der Waals surface area (Å²) in [5.41, 5.74) is 4.58. The maximum atomic E-state index is 12.4. The zero-order chi connectivity index (χ0) is 26.2. The molecule has 1 fully saturated rings. The van der Waals surface area contributed by atoms with Gasteiger partial charge < -0.3 is 28.7 Å². The number of carbonyl (C=O) groups excluding carboxylic acids is 1. The number of oxazole rings is 1. The number of carbonyl (C=O) groups is 1. The second-order valence-electron chi connectivity index (χ2n) is 10.4.